The van der Waals surface area contributed by atoms with E-state index in [0.29, 0.717) is 0 Å². The summed E-state index contributed by atoms with van der Waals surface area (Å²) < 4.78 is 0. The molecule has 1 unspecified atom stereocenters. The fraction of sp³-hybridized carbons (Fsp3) is 0.333. The van der Waals surface area contributed by atoms with Crippen LogP contribution < -0.4 is 5.73 Å². The highest BCUT2D eigenvalue weighted by Gasteiger charge is 2.04. The van der Waals surface area contributed by atoms with Gasteiger partial charge in [0, 0.05) is 11.6 Å². The zero-order valence-corrected chi connectivity index (χ0v) is 6.83. The van der Waals surface area contributed by atoms with E-state index in [9.17, 15) is 5.11 Å². The maximum atomic E-state index is 9.33. The number of phenols is 1. The van der Waals surface area contributed by atoms with Crippen molar-refractivity contribution in [3.8, 4) is 5.75 Å². The summed E-state index contributed by atoms with van der Waals surface area (Å²) >= 11 is 0. The second kappa shape index (κ2) is 2.93. The van der Waals surface area contributed by atoms with E-state index in [0.717, 1.165) is 11.1 Å². The molecule has 0 spiro atoms. The van der Waals surface area contributed by atoms with Crippen molar-refractivity contribution >= 4 is 0 Å². The molecule has 1 atom stereocenters. The Morgan fingerprint density at radius 2 is 2.09 bits per heavy atom. The molecule has 1 rings (SSSR count). The van der Waals surface area contributed by atoms with Crippen molar-refractivity contribution in [3.05, 3.63) is 29.3 Å². The zero-order chi connectivity index (χ0) is 8.43. The van der Waals surface area contributed by atoms with Crippen LogP contribution in [-0.4, -0.2) is 5.11 Å². The molecule has 0 saturated carbocycles. The van der Waals surface area contributed by atoms with Crippen molar-refractivity contribution in [3.63, 3.8) is 0 Å². The number of hydrogen-bond donors (Lipinski definition) is 2. The average molecular weight is 151 g/mol. The van der Waals surface area contributed by atoms with Crippen LogP contribution in [0.2, 0.25) is 0 Å². The van der Waals surface area contributed by atoms with Crippen molar-refractivity contribution < 1.29 is 5.11 Å². The maximum Gasteiger partial charge on any atom is 0.120 e. The van der Waals surface area contributed by atoms with Crippen LogP contribution in [0.3, 0.4) is 0 Å². The Hall–Kier alpha value is -1.02. The molecule has 1 aromatic rings. The van der Waals surface area contributed by atoms with Gasteiger partial charge in [-0.25, -0.2) is 0 Å². The largest absolute Gasteiger partial charge is 0.508 e. The molecular weight excluding hydrogens is 138 g/mol. The highest BCUT2D eigenvalue weighted by atomic mass is 16.3. The molecule has 0 fully saturated rings. The molecule has 3 N–H and O–H groups in total. The first-order chi connectivity index (χ1) is 5.11. The van der Waals surface area contributed by atoms with Gasteiger partial charge in [-0.15, -0.1) is 0 Å². The summed E-state index contributed by atoms with van der Waals surface area (Å²) in [5.41, 5.74) is 7.55. The number of aryl methyl sites for hydroxylation is 1. The predicted octanol–water partition coefficient (Wildman–Crippen LogP) is 1.72. The Morgan fingerprint density at radius 3 is 2.55 bits per heavy atom. The monoisotopic (exact) mass is 151 g/mol. The fourth-order valence-electron chi connectivity index (χ4n) is 1.04. The second-order valence-corrected chi connectivity index (χ2v) is 2.85. The van der Waals surface area contributed by atoms with Gasteiger partial charge < -0.3 is 10.8 Å². The number of nitrogens with two attached hydrogens (primary N) is 1. The molecule has 0 amide bonds. The van der Waals surface area contributed by atoms with Crippen LogP contribution in [0, 0.1) is 6.92 Å². The van der Waals surface area contributed by atoms with Crippen LogP contribution in [0.1, 0.15) is 24.1 Å². The molecule has 0 aliphatic carbocycles. The van der Waals surface area contributed by atoms with Gasteiger partial charge in [-0.1, -0.05) is 17.7 Å². The third kappa shape index (κ3) is 1.71. The van der Waals surface area contributed by atoms with Crippen molar-refractivity contribution in [2.45, 2.75) is 19.9 Å². The quantitative estimate of drug-likeness (QED) is 0.642. The minimum Gasteiger partial charge on any atom is -0.508 e. The van der Waals surface area contributed by atoms with Crippen LogP contribution in [0.5, 0.6) is 5.75 Å². The number of hydrogen-bond acceptors (Lipinski definition) is 2. The maximum absolute atomic E-state index is 9.33. The molecule has 0 saturated heterocycles. The van der Waals surface area contributed by atoms with Crippen LogP contribution in [0.25, 0.3) is 0 Å². The summed E-state index contributed by atoms with van der Waals surface area (Å²) in [6.45, 7) is 3.83. The smallest absolute Gasteiger partial charge is 0.120 e. The van der Waals surface area contributed by atoms with E-state index in [-0.39, 0.29) is 11.8 Å². The Bertz CT molecular complexity index is 256. The molecule has 0 aliphatic heterocycles. The summed E-state index contributed by atoms with van der Waals surface area (Å²) in [5.74, 6) is 0.283. The van der Waals surface area contributed by atoms with Gasteiger partial charge in [0.1, 0.15) is 5.75 Å². The second-order valence-electron chi connectivity index (χ2n) is 2.85. The van der Waals surface area contributed by atoms with E-state index in [1.807, 2.05) is 26.0 Å². The molecule has 60 valence electrons. The van der Waals surface area contributed by atoms with Gasteiger partial charge in [-0.2, -0.15) is 0 Å². The van der Waals surface area contributed by atoms with Crippen molar-refractivity contribution in [2.75, 3.05) is 0 Å². The molecule has 0 aromatic heterocycles. The van der Waals surface area contributed by atoms with Gasteiger partial charge in [-0.3, -0.25) is 0 Å². The minimum absolute atomic E-state index is 0.102. The summed E-state index contributed by atoms with van der Waals surface area (Å²) in [7, 11) is 0. The lowest BCUT2D eigenvalue weighted by atomic mass is 10.1. The molecular formula is C9H13NO. The van der Waals surface area contributed by atoms with Gasteiger partial charge in [0.15, 0.2) is 0 Å². The molecule has 2 nitrogen and oxygen atoms in total. The predicted molar refractivity (Wildman–Crippen MR) is 45.4 cm³/mol. The van der Waals surface area contributed by atoms with Crippen molar-refractivity contribution in [1.82, 2.24) is 0 Å². The summed E-state index contributed by atoms with van der Waals surface area (Å²) in [6, 6.07) is 5.34. The molecule has 11 heavy (non-hydrogen) atoms. The Morgan fingerprint density at radius 1 is 1.45 bits per heavy atom. The van der Waals surface area contributed by atoms with E-state index >= 15 is 0 Å². The Kier molecular flexibility index (Phi) is 2.15. The van der Waals surface area contributed by atoms with Crippen molar-refractivity contribution in [1.29, 1.82) is 0 Å². The first-order valence-corrected chi connectivity index (χ1v) is 3.66. The lowest BCUT2D eigenvalue weighted by Gasteiger charge is -2.08. The van der Waals surface area contributed by atoms with Crippen LogP contribution in [0.4, 0.5) is 0 Å². The lowest BCUT2D eigenvalue weighted by Crippen LogP contribution is -2.05. The topological polar surface area (TPSA) is 46.2 Å². The molecule has 1 aromatic carbocycles. The van der Waals surface area contributed by atoms with E-state index in [2.05, 4.69) is 0 Å². The van der Waals surface area contributed by atoms with E-state index < -0.39 is 0 Å². The van der Waals surface area contributed by atoms with Gasteiger partial charge in [0.2, 0.25) is 0 Å². The molecule has 2 heteroatoms. The third-order valence-electron chi connectivity index (χ3n) is 1.67. The highest BCUT2D eigenvalue weighted by molar-refractivity contribution is 5.37. The van der Waals surface area contributed by atoms with Crippen LogP contribution in [0.15, 0.2) is 18.2 Å². The Labute approximate surface area is 66.7 Å². The average Bonchev–Trinajstić information content (AvgIpc) is 1.94. The lowest BCUT2D eigenvalue weighted by molar-refractivity contribution is 0.463. The number of aromatic hydroxyl groups is 1. The molecule has 0 heterocycles. The summed E-state index contributed by atoms with van der Waals surface area (Å²) in [4.78, 5) is 0. The van der Waals surface area contributed by atoms with E-state index in [1.54, 1.807) is 6.07 Å². The van der Waals surface area contributed by atoms with Gasteiger partial charge >= 0.3 is 0 Å². The van der Waals surface area contributed by atoms with E-state index in [4.69, 9.17) is 5.73 Å². The highest BCUT2D eigenvalue weighted by Crippen LogP contribution is 2.22. The standard InChI is InChI=1S/C9H13NO/c1-6-3-4-9(11)8(5-6)7(2)10/h3-5,7,11H,10H2,1-2H3. The van der Waals surface area contributed by atoms with E-state index in [1.165, 1.54) is 0 Å². The number of benzene rings is 1. The summed E-state index contributed by atoms with van der Waals surface area (Å²) in [5, 5.41) is 9.33. The SMILES string of the molecule is Cc1ccc(O)c(C(C)N)c1. The van der Waals surface area contributed by atoms with Gasteiger partial charge in [0.25, 0.3) is 0 Å². The third-order valence-corrected chi connectivity index (χ3v) is 1.67. The zero-order valence-electron chi connectivity index (χ0n) is 6.83. The normalized spacial score (nSPS) is 13.0. The van der Waals surface area contributed by atoms with Gasteiger partial charge in [-0.05, 0) is 19.9 Å². The summed E-state index contributed by atoms with van der Waals surface area (Å²) in [6.07, 6.45) is 0. The Balaban J connectivity index is 3.13. The number of rotatable bonds is 1. The first kappa shape index (κ1) is 8.08. The molecule has 0 bridgehead atoms. The first-order valence-electron chi connectivity index (χ1n) is 3.66. The minimum atomic E-state index is -0.102. The van der Waals surface area contributed by atoms with Gasteiger partial charge in [0.05, 0.1) is 0 Å². The molecule has 0 aliphatic rings. The van der Waals surface area contributed by atoms with Crippen LogP contribution >= 0.6 is 0 Å². The van der Waals surface area contributed by atoms with Crippen LogP contribution in [-0.2, 0) is 0 Å². The number of phenolic OH excluding ortho intramolecular Hbond substituents is 1. The molecule has 0 radical (unpaired) electrons. The fourth-order valence-corrected chi connectivity index (χ4v) is 1.04. The van der Waals surface area contributed by atoms with Crippen molar-refractivity contribution in [2.24, 2.45) is 5.73 Å².